The number of rotatable bonds is 4. The van der Waals surface area contributed by atoms with Gasteiger partial charge in [-0.1, -0.05) is 18.2 Å². The number of hydrogen-bond donors (Lipinski definition) is 3. The van der Waals surface area contributed by atoms with Crippen molar-refractivity contribution in [3.8, 4) is 5.75 Å². The minimum Gasteiger partial charge on any atom is -0.506 e. The molecule has 0 saturated carbocycles. The first-order valence-electron chi connectivity index (χ1n) is 8.90. The molecule has 6 heteroatoms. The lowest BCUT2D eigenvalue weighted by atomic mass is 10.1. The van der Waals surface area contributed by atoms with Crippen molar-refractivity contribution in [3.63, 3.8) is 0 Å². The molecule has 0 aromatic heterocycles. The molecule has 0 spiro atoms. The summed E-state index contributed by atoms with van der Waals surface area (Å²) in [6.45, 7) is 6.71. The predicted molar refractivity (Wildman–Crippen MR) is 100 cm³/mol. The Balaban J connectivity index is 1.57. The van der Waals surface area contributed by atoms with Crippen molar-refractivity contribution in [3.05, 3.63) is 53.8 Å². The maximum absolute atomic E-state index is 13.6. The summed E-state index contributed by atoms with van der Waals surface area (Å²) >= 11 is 0. The quantitative estimate of drug-likeness (QED) is 0.778. The third-order valence-electron chi connectivity index (χ3n) is 5.07. The van der Waals surface area contributed by atoms with Gasteiger partial charge in [-0.25, -0.2) is 4.39 Å². The number of amides is 1. The number of phenolic OH excluding ortho intramolecular Hbond substituents is 1. The van der Waals surface area contributed by atoms with Crippen molar-refractivity contribution < 1.29 is 19.2 Å². The van der Waals surface area contributed by atoms with E-state index in [2.05, 4.69) is 10.2 Å². The predicted octanol–water partition coefficient (Wildman–Crippen LogP) is 1.57. The van der Waals surface area contributed by atoms with Crippen LogP contribution < -0.4 is 15.1 Å². The third-order valence-corrected chi connectivity index (χ3v) is 5.07. The van der Waals surface area contributed by atoms with Crippen LogP contribution in [-0.4, -0.2) is 43.2 Å². The van der Waals surface area contributed by atoms with Gasteiger partial charge in [0.2, 0.25) is 0 Å². The van der Waals surface area contributed by atoms with Crippen molar-refractivity contribution in [2.24, 2.45) is 0 Å². The van der Waals surface area contributed by atoms with E-state index < -0.39 is 0 Å². The molecule has 5 nitrogen and oxygen atoms in total. The summed E-state index contributed by atoms with van der Waals surface area (Å²) in [5.41, 5.74) is 1.87. The Morgan fingerprint density at radius 3 is 2.58 bits per heavy atom. The lowest BCUT2D eigenvalue weighted by Gasteiger charge is -2.36. The monoisotopic (exact) mass is 358 g/mol. The molecule has 1 atom stereocenters. The molecule has 3 rings (SSSR count). The molecule has 26 heavy (non-hydrogen) atoms. The Morgan fingerprint density at radius 1 is 1.23 bits per heavy atom. The number of aromatic hydroxyl groups is 1. The standard InChI is InChI=1S/C20H24FN3O2/c1-14-7-8-16(13-17(14)21)22-20(26)15(2)23-9-11-24(12-10-23)18-5-3-4-6-19(18)25/h3-8,13,15,25H,9-12H2,1-2H3,(H,22,26)/p+1/t15-/m1/s1. The van der Waals surface area contributed by atoms with Crippen LogP contribution in [0.3, 0.4) is 0 Å². The van der Waals surface area contributed by atoms with Crippen molar-refractivity contribution in [2.45, 2.75) is 19.9 Å². The highest BCUT2D eigenvalue weighted by Gasteiger charge is 2.29. The van der Waals surface area contributed by atoms with Gasteiger partial charge in [0.25, 0.3) is 5.91 Å². The lowest BCUT2D eigenvalue weighted by molar-refractivity contribution is -0.914. The van der Waals surface area contributed by atoms with Crippen molar-refractivity contribution in [1.82, 2.24) is 0 Å². The van der Waals surface area contributed by atoms with Gasteiger partial charge in [-0.2, -0.15) is 0 Å². The summed E-state index contributed by atoms with van der Waals surface area (Å²) in [5.74, 6) is -0.151. The molecule has 2 aromatic carbocycles. The molecular weight excluding hydrogens is 333 g/mol. The van der Waals surface area contributed by atoms with E-state index in [0.717, 1.165) is 31.9 Å². The summed E-state index contributed by atoms with van der Waals surface area (Å²) in [4.78, 5) is 15.8. The van der Waals surface area contributed by atoms with E-state index in [1.807, 2.05) is 19.1 Å². The molecule has 0 bridgehead atoms. The van der Waals surface area contributed by atoms with E-state index in [4.69, 9.17) is 0 Å². The molecule has 138 valence electrons. The summed E-state index contributed by atoms with van der Waals surface area (Å²) < 4.78 is 13.6. The molecule has 3 N–H and O–H groups in total. The molecule has 1 aliphatic heterocycles. The van der Waals surface area contributed by atoms with E-state index >= 15 is 0 Å². The fourth-order valence-corrected chi connectivity index (χ4v) is 3.31. The van der Waals surface area contributed by atoms with Gasteiger partial charge in [-0.05, 0) is 43.7 Å². The van der Waals surface area contributed by atoms with Gasteiger partial charge in [-0.3, -0.25) is 4.79 Å². The highest BCUT2D eigenvalue weighted by molar-refractivity contribution is 5.93. The number of halogens is 1. The number of carbonyl (C=O) groups excluding carboxylic acids is 1. The van der Waals surface area contributed by atoms with Crippen LogP contribution in [0, 0.1) is 12.7 Å². The van der Waals surface area contributed by atoms with E-state index in [9.17, 15) is 14.3 Å². The summed E-state index contributed by atoms with van der Waals surface area (Å²) in [7, 11) is 0. The Labute approximate surface area is 153 Å². The van der Waals surface area contributed by atoms with E-state index in [0.29, 0.717) is 11.3 Å². The van der Waals surface area contributed by atoms with Gasteiger partial charge >= 0.3 is 0 Å². The summed E-state index contributed by atoms with van der Waals surface area (Å²) in [6.07, 6.45) is 0. The van der Waals surface area contributed by atoms with Gasteiger partial charge in [-0.15, -0.1) is 0 Å². The molecule has 1 fully saturated rings. The number of aryl methyl sites for hydroxylation is 1. The van der Waals surface area contributed by atoms with Crippen LogP contribution in [0.4, 0.5) is 15.8 Å². The maximum atomic E-state index is 13.6. The van der Waals surface area contributed by atoms with Crippen molar-refractivity contribution >= 4 is 17.3 Å². The average Bonchev–Trinajstić information content (AvgIpc) is 2.65. The van der Waals surface area contributed by atoms with E-state index in [1.165, 1.54) is 11.0 Å². The number of piperazine rings is 1. The zero-order valence-corrected chi connectivity index (χ0v) is 15.1. The number of phenols is 1. The number of anilines is 2. The molecule has 1 saturated heterocycles. The average molecular weight is 358 g/mol. The van der Waals surface area contributed by atoms with Gasteiger partial charge in [0.1, 0.15) is 11.6 Å². The number of hydrogen-bond acceptors (Lipinski definition) is 3. The van der Waals surface area contributed by atoms with E-state index in [1.54, 1.807) is 31.2 Å². The first-order chi connectivity index (χ1) is 12.5. The topological polar surface area (TPSA) is 57.0 Å². The molecule has 0 radical (unpaired) electrons. The molecule has 1 amide bonds. The van der Waals surface area contributed by atoms with Crippen LogP contribution in [-0.2, 0) is 4.79 Å². The minimum atomic E-state index is -0.320. The number of para-hydroxylation sites is 2. The summed E-state index contributed by atoms with van der Waals surface area (Å²) in [6, 6.07) is 11.8. The Bertz CT molecular complexity index is 788. The van der Waals surface area contributed by atoms with Crippen LogP contribution in [0.5, 0.6) is 5.75 Å². The Hall–Kier alpha value is -2.60. The largest absolute Gasteiger partial charge is 0.506 e. The van der Waals surface area contributed by atoms with Crippen LogP contribution in [0.25, 0.3) is 0 Å². The molecular formula is C20H25FN3O2+. The SMILES string of the molecule is Cc1ccc(NC(=O)[C@@H](C)[NH+]2CCN(c3ccccc3O)CC2)cc1F. The van der Waals surface area contributed by atoms with Gasteiger partial charge in [0.05, 0.1) is 31.9 Å². The number of quaternary nitrogens is 1. The van der Waals surface area contributed by atoms with Gasteiger partial charge in [0, 0.05) is 5.69 Å². The smallest absolute Gasteiger partial charge is 0.282 e. The molecule has 2 aromatic rings. The maximum Gasteiger partial charge on any atom is 0.282 e. The normalized spacial score (nSPS) is 16.3. The second-order valence-electron chi connectivity index (χ2n) is 6.81. The number of nitrogens with zero attached hydrogens (tertiary/aromatic N) is 1. The Kier molecular flexibility index (Phi) is 5.42. The van der Waals surface area contributed by atoms with Gasteiger partial charge < -0.3 is 20.2 Å². The second kappa shape index (κ2) is 7.74. The highest BCUT2D eigenvalue weighted by atomic mass is 19.1. The van der Waals surface area contributed by atoms with E-state index in [-0.39, 0.29) is 23.5 Å². The Morgan fingerprint density at radius 2 is 1.92 bits per heavy atom. The molecule has 0 unspecified atom stereocenters. The minimum absolute atomic E-state index is 0.112. The van der Waals surface area contributed by atoms with Crippen LogP contribution in [0.15, 0.2) is 42.5 Å². The molecule has 1 aliphatic rings. The third kappa shape index (κ3) is 3.96. The first kappa shape index (κ1) is 18.2. The first-order valence-corrected chi connectivity index (χ1v) is 8.90. The van der Waals surface area contributed by atoms with Crippen LogP contribution in [0.1, 0.15) is 12.5 Å². The fourth-order valence-electron chi connectivity index (χ4n) is 3.31. The highest BCUT2D eigenvalue weighted by Crippen LogP contribution is 2.26. The number of benzene rings is 2. The lowest BCUT2D eigenvalue weighted by Crippen LogP contribution is -3.19. The zero-order valence-electron chi connectivity index (χ0n) is 15.1. The van der Waals surface area contributed by atoms with Crippen molar-refractivity contribution in [1.29, 1.82) is 0 Å². The molecule has 0 aliphatic carbocycles. The zero-order chi connectivity index (χ0) is 18.7. The second-order valence-corrected chi connectivity index (χ2v) is 6.81. The fraction of sp³-hybridized carbons (Fsp3) is 0.350. The number of nitrogens with one attached hydrogen (secondary N) is 2. The van der Waals surface area contributed by atoms with Crippen LogP contribution in [0.2, 0.25) is 0 Å². The summed E-state index contributed by atoms with van der Waals surface area (Å²) in [5, 5.41) is 12.8. The van der Waals surface area contributed by atoms with Crippen LogP contribution >= 0.6 is 0 Å². The number of carbonyl (C=O) groups is 1. The van der Waals surface area contributed by atoms with Gasteiger partial charge in [0.15, 0.2) is 6.04 Å². The molecule has 1 heterocycles. The van der Waals surface area contributed by atoms with Crippen molar-refractivity contribution in [2.75, 3.05) is 36.4 Å².